The number of nitrogens with zero attached hydrogens (tertiary/aromatic N) is 1. The molecule has 2 heterocycles. The van der Waals surface area contributed by atoms with Crippen LogP contribution in [0.4, 0.5) is 11.4 Å². The molecule has 0 saturated carbocycles. The number of fused-ring (bicyclic) bond motifs is 1. The number of nitrogen functional groups attached to an aromatic ring is 1. The van der Waals surface area contributed by atoms with Crippen molar-refractivity contribution in [1.82, 2.24) is 4.72 Å². The lowest BCUT2D eigenvalue weighted by Gasteiger charge is -2.29. The third-order valence-corrected chi connectivity index (χ3v) is 5.14. The first kappa shape index (κ1) is 18.3. The van der Waals surface area contributed by atoms with Gasteiger partial charge in [0.15, 0.2) is 5.76 Å². The highest BCUT2D eigenvalue weighted by Crippen LogP contribution is 2.32. The molecule has 1 aliphatic heterocycles. The van der Waals surface area contributed by atoms with Gasteiger partial charge in [0.2, 0.25) is 5.09 Å². The quantitative estimate of drug-likeness (QED) is 0.800. The molecule has 1 aromatic heterocycles. The summed E-state index contributed by atoms with van der Waals surface area (Å²) in [6, 6.07) is 8.06. The van der Waals surface area contributed by atoms with Crippen molar-refractivity contribution in [3.8, 4) is 0 Å². The van der Waals surface area contributed by atoms with Gasteiger partial charge in [0.05, 0.1) is 0 Å². The van der Waals surface area contributed by atoms with Crippen LogP contribution in [0.15, 0.2) is 39.8 Å². The molecule has 130 valence electrons. The third kappa shape index (κ3) is 3.12. The minimum absolute atomic E-state index is 0. The van der Waals surface area contributed by atoms with E-state index in [1.807, 2.05) is 6.07 Å². The fourth-order valence-electron chi connectivity index (χ4n) is 2.68. The fourth-order valence-corrected chi connectivity index (χ4v) is 3.32. The molecule has 0 atom stereocenters. The number of nitrogens with two attached hydrogens (primary N) is 1. The largest absolute Gasteiger partial charge is 0.438 e. The van der Waals surface area contributed by atoms with Crippen LogP contribution in [-0.2, 0) is 16.4 Å². The van der Waals surface area contributed by atoms with Gasteiger partial charge in [-0.2, -0.15) is 0 Å². The van der Waals surface area contributed by atoms with Gasteiger partial charge in [0, 0.05) is 17.9 Å². The SMILES string of the molecule is CNS(=O)(=O)c1ccc(C(=O)N2CCCc3c(N)cccc32)o1.Cl. The van der Waals surface area contributed by atoms with E-state index < -0.39 is 10.0 Å². The van der Waals surface area contributed by atoms with Gasteiger partial charge in [0.1, 0.15) is 0 Å². The predicted octanol–water partition coefficient (Wildman–Crippen LogP) is 1.78. The summed E-state index contributed by atoms with van der Waals surface area (Å²) in [5, 5.41) is -0.284. The number of rotatable bonds is 3. The molecule has 0 bridgehead atoms. The molecule has 0 fully saturated rings. The topological polar surface area (TPSA) is 106 Å². The van der Waals surface area contributed by atoms with E-state index in [2.05, 4.69) is 4.72 Å². The summed E-state index contributed by atoms with van der Waals surface area (Å²) < 4.78 is 30.8. The van der Waals surface area contributed by atoms with Crippen molar-refractivity contribution < 1.29 is 17.6 Å². The smallest absolute Gasteiger partial charge is 0.294 e. The first-order chi connectivity index (χ1) is 10.9. The minimum Gasteiger partial charge on any atom is -0.438 e. The number of benzene rings is 1. The lowest BCUT2D eigenvalue weighted by Crippen LogP contribution is -2.35. The Bertz CT molecular complexity index is 863. The number of hydrogen-bond donors (Lipinski definition) is 2. The summed E-state index contributed by atoms with van der Waals surface area (Å²) in [5.41, 5.74) is 8.30. The summed E-state index contributed by atoms with van der Waals surface area (Å²) in [4.78, 5) is 14.3. The van der Waals surface area contributed by atoms with Crippen LogP contribution >= 0.6 is 12.4 Å². The highest BCUT2D eigenvalue weighted by molar-refractivity contribution is 7.89. The molecule has 3 rings (SSSR count). The van der Waals surface area contributed by atoms with Crippen molar-refractivity contribution in [2.24, 2.45) is 0 Å². The lowest BCUT2D eigenvalue weighted by atomic mass is 9.99. The van der Waals surface area contributed by atoms with E-state index in [1.54, 1.807) is 17.0 Å². The number of sulfonamides is 1. The number of anilines is 2. The second kappa shape index (κ2) is 6.84. The molecule has 1 aromatic carbocycles. The molecule has 3 N–H and O–H groups in total. The number of hydrogen-bond acceptors (Lipinski definition) is 5. The standard InChI is InChI=1S/C15H17N3O4S.ClH/c1-17-23(20,21)14-8-7-13(22-14)15(19)18-9-3-4-10-11(16)5-2-6-12(10)18;/h2,5-8,17H,3-4,9,16H2,1H3;1H. The Labute approximate surface area is 146 Å². The molecule has 0 aliphatic carbocycles. The summed E-state index contributed by atoms with van der Waals surface area (Å²) >= 11 is 0. The molecule has 9 heteroatoms. The van der Waals surface area contributed by atoms with Crippen LogP contribution in [0.5, 0.6) is 0 Å². The van der Waals surface area contributed by atoms with Crippen LogP contribution in [0.2, 0.25) is 0 Å². The second-order valence-electron chi connectivity index (χ2n) is 5.23. The average Bonchev–Trinajstić information content (AvgIpc) is 3.05. The molecular formula is C15H18ClN3O4S. The average molecular weight is 372 g/mol. The maximum absolute atomic E-state index is 12.7. The Hall–Kier alpha value is -2.03. The highest BCUT2D eigenvalue weighted by Gasteiger charge is 2.28. The molecule has 0 saturated heterocycles. The molecule has 24 heavy (non-hydrogen) atoms. The van der Waals surface area contributed by atoms with Gasteiger partial charge in [-0.3, -0.25) is 4.79 Å². The maximum Gasteiger partial charge on any atom is 0.294 e. The van der Waals surface area contributed by atoms with Gasteiger partial charge in [-0.1, -0.05) is 6.07 Å². The Morgan fingerprint density at radius 1 is 1.29 bits per heavy atom. The summed E-state index contributed by atoms with van der Waals surface area (Å²) in [5.74, 6) is -0.400. The number of carbonyl (C=O) groups is 1. The second-order valence-corrected chi connectivity index (χ2v) is 7.05. The number of carbonyl (C=O) groups excluding carboxylic acids is 1. The van der Waals surface area contributed by atoms with Gasteiger partial charge in [-0.25, -0.2) is 13.1 Å². The maximum atomic E-state index is 12.7. The fraction of sp³-hybridized carbons (Fsp3) is 0.267. The van der Waals surface area contributed by atoms with E-state index in [0.717, 1.165) is 24.1 Å². The zero-order valence-corrected chi connectivity index (χ0v) is 14.6. The molecule has 1 amide bonds. The Kier molecular flexibility index (Phi) is 5.22. The van der Waals surface area contributed by atoms with Crippen LogP contribution < -0.4 is 15.4 Å². The van der Waals surface area contributed by atoms with E-state index in [0.29, 0.717) is 12.2 Å². The Balaban J connectivity index is 0.00000208. The number of amides is 1. The summed E-state index contributed by atoms with van der Waals surface area (Å²) in [7, 11) is -2.44. The van der Waals surface area contributed by atoms with Crippen LogP contribution in [0.25, 0.3) is 0 Å². The van der Waals surface area contributed by atoms with Crippen molar-refractivity contribution >= 4 is 39.7 Å². The van der Waals surface area contributed by atoms with Gasteiger partial charge < -0.3 is 15.1 Å². The summed E-state index contributed by atoms with van der Waals surface area (Å²) in [6.45, 7) is 0.532. The first-order valence-corrected chi connectivity index (χ1v) is 8.65. The minimum atomic E-state index is -3.72. The number of furan rings is 1. The monoisotopic (exact) mass is 371 g/mol. The van der Waals surface area contributed by atoms with Crippen LogP contribution in [0.1, 0.15) is 22.5 Å². The van der Waals surface area contributed by atoms with Crippen molar-refractivity contribution in [1.29, 1.82) is 0 Å². The van der Waals surface area contributed by atoms with Crippen LogP contribution in [0.3, 0.4) is 0 Å². The van der Waals surface area contributed by atoms with E-state index >= 15 is 0 Å². The lowest BCUT2D eigenvalue weighted by molar-refractivity contribution is 0.0953. The first-order valence-electron chi connectivity index (χ1n) is 7.16. The normalized spacial score (nSPS) is 14.0. The molecule has 2 aromatic rings. The zero-order chi connectivity index (χ0) is 16.6. The van der Waals surface area contributed by atoms with E-state index in [-0.39, 0.29) is 29.2 Å². The van der Waals surface area contributed by atoms with Gasteiger partial charge in [-0.05, 0) is 49.7 Å². The van der Waals surface area contributed by atoms with Crippen LogP contribution in [-0.4, -0.2) is 27.9 Å². The predicted molar refractivity (Wildman–Crippen MR) is 93.1 cm³/mol. The zero-order valence-electron chi connectivity index (χ0n) is 13.0. The number of nitrogens with one attached hydrogen (secondary N) is 1. The molecule has 7 nitrogen and oxygen atoms in total. The van der Waals surface area contributed by atoms with Gasteiger partial charge >= 0.3 is 0 Å². The number of halogens is 1. The molecule has 0 unspecified atom stereocenters. The summed E-state index contributed by atoms with van der Waals surface area (Å²) in [6.07, 6.45) is 1.60. The Morgan fingerprint density at radius 2 is 2.04 bits per heavy atom. The van der Waals surface area contributed by atoms with Gasteiger partial charge in [-0.15, -0.1) is 12.4 Å². The van der Waals surface area contributed by atoms with Crippen molar-refractivity contribution in [3.05, 3.63) is 41.7 Å². The van der Waals surface area contributed by atoms with Crippen LogP contribution in [0, 0.1) is 0 Å². The molecule has 0 spiro atoms. The molecule has 1 aliphatic rings. The highest BCUT2D eigenvalue weighted by atomic mass is 35.5. The third-order valence-electron chi connectivity index (χ3n) is 3.86. The molecular weight excluding hydrogens is 354 g/mol. The van der Waals surface area contributed by atoms with E-state index in [4.69, 9.17) is 10.2 Å². The van der Waals surface area contributed by atoms with Crippen molar-refractivity contribution in [2.75, 3.05) is 24.2 Å². The van der Waals surface area contributed by atoms with E-state index in [9.17, 15) is 13.2 Å². The van der Waals surface area contributed by atoms with E-state index in [1.165, 1.54) is 19.2 Å². The van der Waals surface area contributed by atoms with Gasteiger partial charge in [0.25, 0.3) is 15.9 Å². The Morgan fingerprint density at radius 3 is 2.75 bits per heavy atom. The molecule has 0 radical (unpaired) electrons. The van der Waals surface area contributed by atoms with Crippen molar-refractivity contribution in [3.63, 3.8) is 0 Å². The van der Waals surface area contributed by atoms with Crippen molar-refractivity contribution in [2.45, 2.75) is 17.9 Å².